The molecule has 0 radical (unpaired) electrons. The molecule has 2 rings (SSSR count). The van der Waals surface area contributed by atoms with Gasteiger partial charge >= 0.3 is 0 Å². The number of anilines is 1. The number of hydrogen-bond acceptors (Lipinski definition) is 3. The maximum absolute atomic E-state index is 5.65. The molecular formula is C16H17BrN2OS. The van der Waals surface area contributed by atoms with Crippen molar-refractivity contribution in [3.8, 4) is 5.75 Å². The van der Waals surface area contributed by atoms with Gasteiger partial charge in [-0.3, -0.25) is 0 Å². The van der Waals surface area contributed by atoms with E-state index in [2.05, 4.69) is 40.3 Å². The van der Waals surface area contributed by atoms with Crippen LogP contribution in [0, 0.1) is 0 Å². The van der Waals surface area contributed by atoms with Crippen molar-refractivity contribution in [2.24, 2.45) is 5.73 Å². The van der Waals surface area contributed by atoms with Crippen LogP contribution >= 0.6 is 28.1 Å². The van der Waals surface area contributed by atoms with Gasteiger partial charge in [-0.05, 0) is 58.7 Å². The maximum Gasteiger partial charge on any atom is 0.118 e. The number of thiocarbonyl (C=S) groups is 1. The van der Waals surface area contributed by atoms with Gasteiger partial charge in [0.2, 0.25) is 0 Å². The summed E-state index contributed by atoms with van der Waals surface area (Å²) in [6, 6.07) is 14.1. The Bertz CT molecular complexity index is 643. The van der Waals surface area contributed by atoms with Crippen LogP contribution < -0.4 is 15.8 Å². The van der Waals surface area contributed by atoms with Crippen LogP contribution in [-0.2, 0) is 0 Å². The standard InChI is InChI=1S/C16H17BrN2OS/c1-10(11-3-6-13(20-2)7-4-11)19-12-5-8-14(16(18)21)15(17)9-12/h3-10,19H,1-2H3,(H2,18,21). The van der Waals surface area contributed by atoms with Crippen LogP contribution in [0.15, 0.2) is 46.9 Å². The summed E-state index contributed by atoms with van der Waals surface area (Å²) in [5.41, 5.74) is 8.68. The molecule has 0 aliphatic heterocycles. The van der Waals surface area contributed by atoms with Crippen LogP contribution in [-0.4, -0.2) is 12.1 Å². The van der Waals surface area contributed by atoms with Gasteiger partial charge < -0.3 is 15.8 Å². The van der Waals surface area contributed by atoms with Crippen molar-refractivity contribution in [1.82, 2.24) is 0 Å². The molecule has 3 N–H and O–H groups in total. The van der Waals surface area contributed by atoms with Gasteiger partial charge in [-0.1, -0.05) is 24.4 Å². The van der Waals surface area contributed by atoms with Crippen LogP contribution in [0.5, 0.6) is 5.75 Å². The molecule has 0 spiro atoms. The number of ether oxygens (including phenoxy) is 1. The second kappa shape index (κ2) is 6.91. The molecule has 1 unspecified atom stereocenters. The second-order valence-electron chi connectivity index (χ2n) is 4.70. The minimum absolute atomic E-state index is 0.179. The first-order chi connectivity index (χ1) is 10.0. The molecule has 0 aliphatic rings. The molecule has 0 heterocycles. The number of nitrogens with two attached hydrogens (primary N) is 1. The summed E-state index contributed by atoms with van der Waals surface area (Å²) in [4.78, 5) is 0.386. The highest BCUT2D eigenvalue weighted by Crippen LogP contribution is 2.25. The van der Waals surface area contributed by atoms with Crippen molar-refractivity contribution < 1.29 is 4.74 Å². The van der Waals surface area contributed by atoms with E-state index < -0.39 is 0 Å². The molecular weight excluding hydrogens is 348 g/mol. The molecule has 5 heteroatoms. The van der Waals surface area contributed by atoms with Crippen molar-refractivity contribution in [1.29, 1.82) is 0 Å². The third-order valence-corrected chi connectivity index (χ3v) is 4.11. The van der Waals surface area contributed by atoms with Crippen LogP contribution in [0.4, 0.5) is 5.69 Å². The van der Waals surface area contributed by atoms with E-state index in [0.29, 0.717) is 4.99 Å². The van der Waals surface area contributed by atoms with E-state index in [9.17, 15) is 0 Å². The van der Waals surface area contributed by atoms with Crippen molar-refractivity contribution >= 4 is 38.8 Å². The number of benzene rings is 2. The molecule has 110 valence electrons. The van der Waals surface area contributed by atoms with Gasteiger partial charge in [0, 0.05) is 21.8 Å². The van der Waals surface area contributed by atoms with Gasteiger partial charge in [-0.25, -0.2) is 0 Å². The van der Waals surface area contributed by atoms with E-state index in [1.807, 2.05) is 30.3 Å². The van der Waals surface area contributed by atoms with Gasteiger partial charge in [-0.2, -0.15) is 0 Å². The fourth-order valence-electron chi connectivity index (χ4n) is 2.03. The zero-order valence-electron chi connectivity index (χ0n) is 11.9. The molecule has 0 amide bonds. The van der Waals surface area contributed by atoms with E-state index in [0.717, 1.165) is 21.5 Å². The largest absolute Gasteiger partial charge is 0.497 e. The zero-order valence-corrected chi connectivity index (χ0v) is 14.3. The van der Waals surface area contributed by atoms with Crippen molar-refractivity contribution in [3.63, 3.8) is 0 Å². The molecule has 21 heavy (non-hydrogen) atoms. The lowest BCUT2D eigenvalue weighted by Gasteiger charge is -2.17. The first kappa shape index (κ1) is 15.8. The molecule has 2 aromatic rings. The van der Waals surface area contributed by atoms with Gasteiger partial charge in [0.15, 0.2) is 0 Å². The third-order valence-electron chi connectivity index (χ3n) is 3.23. The van der Waals surface area contributed by atoms with E-state index in [-0.39, 0.29) is 6.04 Å². The molecule has 0 aliphatic carbocycles. The lowest BCUT2D eigenvalue weighted by atomic mass is 10.1. The van der Waals surface area contributed by atoms with Crippen molar-refractivity contribution in [3.05, 3.63) is 58.1 Å². The van der Waals surface area contributed by atoms with Crippen LogP contribution in [0.1, 0.15) is 24.1 Å². The quantitative estimate of drug-likeness (QED) is 0.777. The summed E-state index contributed by atoms with van der Waals surface area (Å²) in [7, 11) is 1.66. The van der Waals surface area contributed by atoms with Crippen LogP contribution in [0.25, 0.3) is 0 Å². The highest BCUT2D eigenvalue weighted by atomic mass is 79.9. The monoisotopic (exact) mass is 364 g/mol. The Morgan fingerprint density at radius 3 is 2.43 bits per heavy atom. The van der Waals surface area contributed by atoms with E-state index >= 15 is 0 Å². The summed E-state index contributed by atoms with van der Waals surface area (Å²) < 4.78 is 6.06. The summed E-state index contributed by atoms with van der Waals surface area (Å²) in [5.74, 6) is 0.856. The number of rotatable bonds is 5. The van der Waals surface area contributed by atoms with Gasteiger partial charge in [-0.15, -0.1) is 0 Å². The van der Waals surface area contributed by atoms with Gasteiger partial charge in [0.05, 0.1) is 7.11 Å². The normalized spacial score (nSPS) is 11.8. The summed E-state index contributed by atoms with van der Waals surface area (Å²) in [5, 5.41) is 3.45. The zero-order chi connectivity index (χ0) is 15.4. The molecule has 0 aromatic heterocycles. The Hall–Kier alpha value is -1.59. The maximum atomic E-state index is 5.65. The third kappa shape index (κ3) is 3.95. The number of hydrogen-bond donors (Lipinski definition) is 2. The fourth-order valence-corrected chi connectivity index (χ4v) is 2.93. The average Bonchev–Trinajstić information content (AvgIpc) is 2.47. The average molecular weight is 365 g/mol. The lowest BCUT2D eigenvalue weighted by molar-refractivity contribution is 0.414. The molecule has 1 atom stereocenters. The number of halogens is 1. The molecule has 0 bridgehead atoms. The Labute approximate surface area is 138 Å². The topological polar surface area (TPSA) is 47.3 Å². The summed E-state index contributed by atoms with van der Waals surface area (Å²) in [6.45, 7) is 2.11. The highest BCUT2D eigenvalue weighted by molar-refractivity contribution is 9.10. The predicted octanol–water partition coefficient (Wildman–Crippen LogP) is 4.27. The first-order valence-corrected chi connectivity index (χ1v) is 7.71. The second-order valence-corrected chi connectivity index (χ2v) is 5.99. The van der Waals surface area contributed by atoms with Crippen LogP contribution in [0.2, 0.25) is 0 Å². The Morgan fingerprint density at radius 1 is 1.24 bits per heavy atom. The number of methoxy groups -OCH3 is 1. The smallest absolute Gasteiger partial charge is 0.118 e. The van der Waals surface area contributed by atoms with Gasteiger partial charge in [0.25, 0.3) is 0 Å². The Kier molecular flexibility index (Phi) is 5.20. The minimum Gasteiger partial charge on any atom is -0.497 e. The van der Waals surface area contributed by atoms with E-state index in [1.54, 1.807) is 7.11 Å². The lowest BCUT2D eigenvalue weighted by Crippen LogP contribution is -2.11. The Balaban J connectivity index is 2.13. The summed E-state index contributed by atoms with van der Waals surface area (Å²) in [6.07, 6.45) is 0. The predicted molar refractivity (Wildman–Crippen MR) is 95.1 cm³/mol. The molecule has 3 nitrogen and oxygen atoms in total. The minimum atomic E-state index is 0.179. The fraction of sp³-hybridized carbons (Fsp3) is 0.188. The highest BCUT2D eigenvalue weighted by Gasteiger charge is 2.08. The van der Waals surface area contributed by atoms with E-state index in [1.165, 1.54) is 5.56 Å². The molecule has 2 aromatic carbocycles. The van der Waals surface area contributed by atoms with Crippen LogP contribution in [0.3, 0.4) is 0 Å². The molecule has 0 saturated heterocycles. The van der Waals surface area contributed by atoms with Crippen molar-refractivity contribution in [2.75, 3.05) is 12.4 Å². The number of nitrogens with one attached hydrogen (secondary N) is 1. The SMILES string of the molecule is COc1ccc(C(C)Nc2ccc(C(N)=S)c(Br)c2)cc1. The Morgan fingerprint density at radius 2 is 1.90 bits per heavy atom. The van der Waals surface area contributed by atoms with Gasteiger partial charge in [0.1, 0.15) is 10.7 Å². The van der Waals surface area contributed by atoms with E-state index in [4.69, 9.17) is 22.7 Å². The molecule has 0 fully saturated rings. The first-order valence-electron chi connectivity index (χ1n) is 6.51. The summed E-state index contributed by atoms with van der Waals surface area (Å²) >= 11 is 8.49. The molecule has 0 saturated carbocycles. The van der Waals surface area contributed by atoms with Crippen molar-refractivity contribution in [2.45, 2.75) is 13.0 Å².